The first-order valence-electron chi connectivity index (χ1n) is 1.68. The Morgan fingerprint density at radius 3 is 0.786 bits per heavy atom. The molecule has 0 amide bonds. The summed E-state index contributed by atoms with van der Waals surface area (Å²) in [7, 11) is -9.25. The van der Waals surface area contributed by atoms with E-state index in [1.165, 1.54) is 0 Å². The third-order valence-electron chi connectivity index (χ3n) is 0. The van der Waals surface area contributed by atoms with Crippen LogP contribution in [0.25, 0.3) is 0 Å². The molecule has 0 aliphatic carbocycles. The minimum Gasteiger partial charge on any atom is -0.368 e. The zero-order valence-corrected chi connectivity index (χ0v) is 16.8. The van der Waals surface area contributed by atoms with Crippen LogP contribution in [-0.2, 0) is 77.7 Å². The van der Waals surface area contributed by atoms with Gasteiger partial charge < -0.3 is 33.9 Å². The van der Waals surface area contributed by atoms with Crippen LogP contribution in [0.15, 0.2) is 0 Å². The zero-order chi connectivity index (χ0) is 9.00. The van der Waals surface area contributed by atoms with Crippen molar-refractivity contribution in [3.63, 3.8) is 0 Å². The van der Waals surface area contributed by atoms with Crippen molar-refractivity contribution in [3.05, 3.63) is 0 Å². The fraction of sp³-hybridized carbons (Fsp3) is 0. The Kier molecular flexibility index (Phi) is 39.7. The van der Waals surface area contributed by atoms with Crippen molar-refractivity contribution in [1.82, 2.24) is 0 Å². The molecule has 7 N–H and O–H groups in total. The standard InChI is InChI=1S/2Mn.H3O4P.H4O4Si.2Zn/c;;2*1-5(2,3)4;;/h;;(H3,1,2,3,4);1-4H;;. The van der Waals surface area contributed by atoms with E-state index in [-0.39, 0.29) is 73.1 Å². The molecule has 0 aromatic carbocycles. The zero-order valence-electron chi connectivity index (χ0n) is 6.66. The minimum absolute atomic E-state index is 0. The number of hydrogen-bond donors (Lipinski definition) is 7. The van der Waals surface area contributed by atoms with Crippen LogP contribution in [0.1, 0.15) is 0 Å². The first kappa shape index (κ1) is 36.0. The SMILES string of the molecule is O=P(O)(O)O.O[Si](O)(O)O.[Mn].[Mn].[Zn].[Zn]. The predicted molar refractivity (Wildman–Crippen MR) is 28.9 cm³/mol. The Bertz CT molecular complexity index is 118. The Balaban J connectivity index is -0.0000000178. The number of rotatable bonds is 0. The summed E-state index contributed by atoms with van der Waals surface area (Å²) < 4.78 is 8.88. The van der Waals surface area contributed by atoms with Gasteiger partial charge in [0.15, 0.2) is 0 Å². The predicted octanol–water partition coefficient (Wildman–Crippen LogP) is -3.55. The summed E-state index contributed by atoms with van der Waals surface area (Å²) in [6.07, 6.45) is 0. The van der Waals surface area contributed by atoms with Gasteiger partial charge in [0.2, 0.25) is 0 Å². The normalized spacial score (nSPS) is 8.50. The third kappa shape index (κ3) is 435. The molecule has 14 heavy (non-hydrogen) atoms. The molecule has 0 aliphatic rings. The molecule has 0 atom stereocenters. The number of hydrogen-bond acceptors (Lipinski definition) is 5. The maximum absolute atomic E-state index is 8.88. The van der Waals surface area contributed by atoms with E-state index in [2.05, 4.69) is 0 Å². The first-order valence-corrected chi connectivity index (χ1v) is 5.03. The van der Waals surface area contributed by atoms with Crippen molar-refractivity contribution in [3.8, 4) is 0 Å². The van der Waals surface area contributed by atoms with Crippen molar-refractivity contribution in [1.29, 1.82) is 0 Å². The molecule has 0 spiro atoms. The van der Waals surface area contributed by atoms with Gasteiger partial charge in [-0.2, -0.15) is 0 Å². The van der Waals surface area contributed by atoms with E-state index in [4.69, 9.17) is 38.4 Å². The van der Waals surface area contributed by atoms with Crippen LogP contribution in [0, 0.1) is 0 Å². The van der Waals surface area contributed by atoms with E-state index >= 15 is 0 Å². The van der Waals surface area contributed by atoms with E-state index in [9.17, 15) is 0 Å². The quantitative estimate of drug-likeness (QED) is 0.152. The van der Waals surface area contributed by atoms with Crippen LogP contribution in [0.4, 0.5) is 0 Å². The van der Waals surface area contributed by atoms with Crippen molar-refractivity contribution < 1.29 is 112 Å². The fourth-order valence-electron chi connectivity index (χ4n) is 0. The molecular weight excluding hydrogens is 428 g/mol. The summed E-state index contributed by atoms with van der Waals surface area (Å²) in [5.41, 5.74) is 0. The van der Waals surface area contributed by atoms with Gasteiger partial charge >= 0.3 is 16.9 Å². The van der Waals surface area contributed by atoms with Gasteiger partial charge in [-0.15, -0.1) is 0 Å². The van der Waals surface area contributed by atoms with E-state index < -0.39 is 16.9 Å². The summed E-state index contributed by atoms with van der Waals surface area (Å²) in [6.45, 7) is 0. The first-order chi connectivity index (χ1) is 4.00. The average molecular weight is 435 g/mol. The maximum atomic E-state index is 8.88. The summed E-state index contributed by atoms with van der Waals surface area (Å²) in [6, 6.07) is 0. The Hall–Kier alpha value is 2.45. The molecule has 0 aromatic rings. The average Bonchev–Trinajstić information content (AvgIpc) is 1.12. The van der Waals surface area contributed by atoms with Gasteiger partial charge in [0.1, 0.15) is 0 Å². The molecular formula is H7Mn2O8PSiZn2. The maximum Gasteiger partial charge on any atom is 0.668 e. The molecule has 2 radical (unpaired) electrons. The molecule has 14 heteroatoms. The van der Waals surface area contributed by atoms with Gasteiger partial charge in [0.05, 0.1) is 0 Å². The van der Waals surface area contributed by atoms with E-state index in [1.54, 1.807) is 0 Å². The smallest absolute Gasteiger partial charge is 0.368 e. The summed E-state index contributed by atoms with van der Waals surface area (Å²) in [5, 5.41) is 0. The topological polar surface area (TPSA) is 159 Å². The second-order valence-corrected chi connectivity index (χ2v) is 3.34. The van der Waals surface area contributed by atoms with Crippen molar-refractivity contribution in [2.75, 3.05) is 0 Å². The monoisotopic (exact) mass is 432 g/mol. The van der Waals surface area contributed by atoms with Crippen LogP contribution in [0.2, 0.25) is 0 Å². The van der Waals surface area contributed by atoms with E-state index in [0.29, 0.717) is 0 Å². The van der Waals surface area contributed by atoms with Crippen molar-refractivity contribution in [2.45, 2.75) is 0 Å². The summed E-state index contributed by atoms with van der Waals surface area (Å²) >= 11 is 0. The molecule has 0 aromatic heterocycles. The minimum atomic E-state index is -4.64. The van der Waals surface area contributed by atoms with Crippen LogP contribution in [0.5, 0.6) is 0 Å². The Morgan fingerprint density at radius 2 is 0.786 bits per heavy atom. The second kappa shape index (κ2) is 15.5. The van der Waals surface area contributed by atoms with Gasteiger partial charge in [-0.1, -0.05) is 0 Å². The molecule has 82 valence electrons. The van der Waals surface area contributed by atoms with Crippen LogP contribution < -0.4 is 0 Å². The fourth-order valence-corrected chi connectivity index (χ4v) is 0. The Labute approximate surface area is 127 Å². The van der Waals surface area contributed by atoms with E-state index in [1.807, 2.05) is 0 Å². The van der Waals surface area contributed by atoms with Crippen LogP contribution in [0.3, 0.4) is 0 Å². The molecule has 0 heterocycles. The number of phosphoric acid groups is 1. The molecule has 8 nitrogen and oxygen atoms in total. The molecule has 0 bridgehead atoms. The molecule has 0 saturated carbocycles. The van der Waals surface area contributed by atoms with Gasteiger partial charge in [0.25, 0.3) is 0 Å². The van der Waals surface area contributed by atoms with Gasteiger partial charge in [-0.25, -0.2) is 4.57 Å². The summed E-state index contributed by atoms with van der Waals surface area (Å²) in [5.74, 6) is 0. The largest absolute Gasteiger partial charge is 0.668 e. The Morgan fingerprint density at radius 1 is 0.786 bits per heavy atom. The van der Waals surface area contributed by atoms with Crippen molar-refractivity contribution >= 4 is 16.9 Å². The van der Waals surface area contributed by atoms with Gasteiger partial charge in [-0.3, -0.25) is 0 Å². The second-order valence-electron chi connectivity index (χ2n) is 1.11. The molecule has 0 aliphatic heterocycles. The molecule has 0 fully saturated rings. The van der Waals surface area contributed by atoms with Crippen LogP contribution in [-0.4, -0.2) is 42.9 Å². The molecule has 0 unspecified atom stereocenters. The third-order valence-corrected chi connectivity index (χ3v) is 0. The van der Waals surface area contributed by atoms with Gasteiger partial charge in [0, 0.05) is 73.1 Å². The van der Waals surface area contributed by atoms with E-state index in [0.717, 1.165) is 0 Å². The van der Waals surface area contributed by atoms with Crippen LogP contribution >= 0.6 is 7.82 Å². The molecule has 0 saturated heterocycles. The molecule has 0 rings (SSSR count). The van der Waals surface area contributed by atoms with Crippen molar-refractivity contribution in [2.24, 2.45) is 0 Å². The van der Waals surface area contributed by atoms with Gasteiger partial charge in [-0.05, 0) is 0 Å². The summed E-state index contributed by atoms with van der Waals surface area (Å²) in [4.78, 5) is 50.9.